The van der Waals surface area contributed by atoms with E-state index in [0.29, 0.717) is 43.1 Å². The minimum Gasteiger partial charge on any atom is -0.372 e. The Morgan fingerprint density at radius 1 is 1.16 bits per heavy atom. The number of aryl methyl sites for hydroxylation is 1. The number of nitrogens with zero attached hydrogens (tertiary/aromatic N) is 6. The number of hydrogen-bond donors (Lipinski definition) is 0. The van der Waals surface area contributed by atoms with Crippen molar-refractivity contribution in [2.45, 2.75) is 32.4 Å². The number of aromatic nitrogens is 2. The molecule has 2 amide bonds. The maximum Gasteiger partial charge on any atom is 0.254 e. The highest BCUT2D eigenvalue weighted by atomic mass is 16.6. The van der Waals surface area contributed by atoms with Gasteiger partial charge in [0.2, 0.25) is 5.91 Å². The Bertz CT molecular complexity index is 939. The lowest BCUT2D eigenvalue weighted by molar-refractivity contribution is -0.137. The molecule has 1 atom stereocenters. The summed E-state index contributed by atoms with van der Waals surface area (Å²) in [5.41, 5.74) is 3.09. The zero-order valence-corrected chi connectivity index (χ0v) is 18.5. The van der Waals surface area contributed by atoms with Gasteiger partial charge in [-0.2, -0.15) is 0 Å². The lowest BCUT2D eigenvalue weighted by Gasteiger charge is -2.40. The predicted molar refractivity (Wildman–Crippen MR) is 116 cm³/mol. The van der Waals surface area contributed by atoms with E-state index >= 15 is 0 Å². The number of anilines is 1. The highest BCUT2D eigenvalue weighted by Gasteiger charge is 2.34. The van der Waals surface area contributed by atoms with E-state index < -0.39 is 6.04 Å². The number of benzene rings is 1. The first kappa shape index (κ1) is 21.3. The zero-order valence-electron chi connectivity index (χ0n) is 18.5. The summed E-state index contributed by atoms with van der Waals surface area (Å²) >= 11 is 0. The van der Waals surface area contributed by atoms with Crippen molar-refractivity contribution in [3.63, 3.8) is 0 Å². The van der Waals surface area contributed by atoms with Crippen molar-refractivity contribution in [3.8, 4) is 0 Å². The van der Waals surface area contributed by atoms with Crippen molar-refractivity contribution in [1.29, 1.82) is 0 Å². The van der Waals surface area contributed by atoms with Crippen molar-refractivity contribution in [2.75, 3.05) is 51.7 Å². The van der Waals surface area contributed by atoms with Crippen molar-refractivity contribution < 1.29 is 14.2 Å². The average molecular weight is 427 g/mol. The van der Waals surface area contributed by atoms with E-state index in [1.165, 1.54) is 12.8 Å². The van der Waals surface area contributed by atoms with E-state index in [1.807, 2.05) is 30.1 Å². The van der Waals surface area contributed by atoms with Crippen molar-refractivity contribution >= 4 is 17.5 Å². The number of carbonyl (C=O) groups excluding carboxylic acids is 2. The summed E-state index contributed by atoms with van der Waals surface area (Å²) in [4.78, 5) is 34.1. The Hall–Kier alpha value is -2.94. The molecule has 0 unspecified atom stereocenters. The molecule has 0 N–H and O–H groups in total. The van der Waals surface area contributed by atoms with Gasteiger partial charge in [0.15, 0.2) is 0 Å². The lowest BCUT2D eigenvalue weighted by Crippen LogP contribution is -2.58. The third kappa shape index (κ3) is 4.56. The average Bonchev–Trinajstić information content (AvgIpc) is 3.46. The molecule has 166 valence electrons. The van der Waals surface area contributed by atoms with Gasteiger partial charge < -0.3 is 14.7 Å². The number of carbonyl (C=O) groups is 2. The molecule has 2 aromatic rings. The maximum atomic E-state index is 13.2. The molecule has 0 radical (unpaired) electrons. The molecule has 0 aliphatic carbocycles. The van der Waals surface area contributed by atoms with Crippen LogP contribution < -0.4 is 4.90 Å². The van der Waals surface area contributed by atoms with Gasteiger partial charge in [-0.05, 0) is 45.0 Å². The minimum absolute atomic E-state index is 0.0221. The number of rotatable bonds is 5. The van der Waals surface area contributed by atoms with Gasteiger partial charge in [-0.15, -0.1) is 0 Å². The SMILES string of the molecule is Cc1nonc1CN(C)C(=O)[C@H]1CN(C(=O)c2cccc(N3CCCC3)c2)CCN1C. The van der Waals surface area contributed by atoms with E-state index in [9.17, 15) is 9.59 Å². The molecule has 1 aromatic carbocycles. The van der Waals surface area contributed by atoms with Crippen LogP contribution in [-0.4, -0.2) is 89.7 Å². The van der Waals surface area contributed by atoms with Crippen LogP contribution >= 0.6 is 0 Å². The van der Waals surface area contributed by atoms with Crippen molar-refractivity contribution in [2.24, 2.45) is 0 Å². The summed E-state index contributed by atoms with van der Waals surface area (Å²) in [5.74, 6) is -0.0700. The van der Waals surface area contributed by atoms with Gasteiger partial charge in [-0.1, -0.05) is 16.4 Å². The van der Waals surface area contributed by atoms with Gasteiger partial charge in [0.05, 0.1) is 6.54 Å². The van der Waals surface area contributed by atoms with Gasteiger partial charge in [-0.3, -0.25) is 14.5 Å². The van der Waals surface area contributed by atoms with E-state index in [0.717, 1.165) is 18.8 Å². The van der Waals surface area contributed by atoms with Crippen LogP contribution in [0.25, 0.3) is 0 Å². The van der Waals surface area contributed by atoms with Crippen LogP contribution in [0.4, 0.5) is 5.69 Å². The highest BCUT2D eigenvalue weighted by Crippen LogP contribution is 2.23. The molecule has 3 heterocycles. The third-order valence-corrected chi connectivity index (χ3v) is 6.29. The van der Waals surface area contributed by atoms with Crippen LogP contribution in [0.5, 0.6) is 0 Å². The van der Waals surface area contributed by atoms with E-state index in [1.54, 1.807) is 23.8 Å². The van der Waals surface area contributed by atoms with Crippen LogP contribution in [0.3, 0.4) is 0 Å². The molecule has 2 fully saturated rings. The minimum atomic E-state index is -0.398. The first-order valence-corrected chi connectivity index (χ1v) is 10.8. The van der Waals surface area contributed by atoms with Gasteiger partial charge in [0.1, 0.15) is 17.4 Å². The molecule has 2 saturated heterocycles. The molecular weight excluding hydrogens is 396 g/mol. The fraction of sp³-hybridized carbons (Fsp3) is 0.545. The normalized spacial score (nSPS) is 19.6. The van der Waals surface area contributed by atoms with E-state index in [2.05, 4.69) is 21.3 Å². The van der Waals surface area contributed by atoms with Gasteiger partial charge in [0.25, 0.3) is 5.91 Å². The number of piperazine rings is 1. The van der Waals surface area contributed by atoms with Crippen LogP contribution in [0.15, 0.2) is 28.9 Å². The molecular formula is C22H30N6O3. The molecule has 31 heavy (non-hydrogen) atoms. The summed E-state index contributed by atoms with van der Waals surface area (Å²) in [7, 11) is 3.67. The first-order valence-electron chi connectivity index (χ1n) is 10.8. The Labute approximate surface area is 182 Å². The fourth-order valence-corrected chi connectivity index (χ4v) is 4.27. The van der Waals surface area contributed by atoms with Crippen LogP contribution in [0, 0.1) is 6.92 Å². The summed E-state index contributed by atoms with van der Waals surface area (Å²) in [6, 6.07) is 7.46. The lowest BCUT2D eigenvalue weighted by atomic mass is 10.1. The van der Waals surface area contributed by atoms with E-state index in [-0.39, 0.29) is 11.8 Å². The molecule has 9 heteroatoms. The smallest absolute Gasteiger partial charge is 0.254 e. The second-order valence-corrected chi connectivity index (χ2v) is 8.48. The van der Waals surface area contributed by atoms with Crippen molar-refractivity contribution in [1.82, 2.24) is 25.0 Å². The molecule has 2 aliphatic heterocycles. The highest BCUT2D eigenvalue weighted by molar-refractivity contribution is 5.96. The second-order valence-electron chi connectivity index (χ2n) is 8.48. The molecule has 0 saturated carbocycles. The summed E-state index contributed by atoms with van der Waals surface area (Å²) < 4.78 is 4.73. The van der Waals surface area contributed by atoms with Gasteiger partial charge >= 0.3 is 0 Å². The van der Waals surface area contributed by atoms with Gasteiger partial charge in [-0.25, -0.2) is 4.63 Å². The summed E-state index contributed by atoms with van der Waals surface area (Å²) in [5, 5.41) is 7.63. The quantitative estimate of drug-likeness (QED) is 0.714. The van der Waals surface area contributed by atoms with Gasteiger partial charge in [0, 0.05) is 51.0 Å². The summed E-state index contributed by atoms with van der Waals surface area (Å²) in [6.07, 6.45) is 2.38. The molecule has 2 aliphatic rings. The number of hydrogen-bond acceptors (Lipinski definition) is 7. The molecule has 0 bridgehead atoms. The number of amides is 2. The molecule has 9 nitrogen and oxygen atoms in total. The fourth-order valence-electron chi connectivity index (χ4n) is 4.27. The van der Waals surface area contributed by atoms with E-state index in [4.69, 9.17) is 4.63 Å². The zero-order chi connectivity index (χ0) is 22.0. The monoisotopic (exact) mass is 426 g/mol. The second kappa shape index (κ2) is 9.05. The summed E-state index contributed by atoms with van der Waals surface area (Å²) in [6.45, 7) is 5.81. The maximum absolute atomic E-state index is 13.2. The largest absolute Gasteiger partial charge is 0.372 e. The first-order chi connectivity index (χ1) is 14.9. The van der Waals surface area contributed by atoms with Crippen LogP contribution in [-0.2, 0) is 11.3 Å². The standard InChI is InChI=1S/C22H30N6O3/c1-16-19(24-31-23-16)14-26(3)22(30)20-15-28(12-11-25(20)2)21(29)17-7-6-8-18(13-17)27-9-4-5-10-27/h6-8,13,20H,4-5,9-12,14-15H2,1-3H3/t20-/m1/s1. The predicted octanol–water partition coefficient (Wildman–Crippen LogP) is 1.39. The Morgan fingerprint density at radius 2 is 1.94 bits per heavy atom. The molecule has 4 rings (SSSR count). The Morgan fingerprint density at radius 3 is 2.65 bits per heavy atom. The number of likely N-dealkylation sites (N-methyl/N-ethyl adjacent to an activating group) is 2. The Kier molecular flexibility index (Phi) is 6.22. The topological polar surface area (TPSA) is 86.0 Å². The van der Waals surface area contributed by atoms with Crippen molar-refractivity contribution in [3.05, 3.63) is 41.2 Å². The Balaban J connectivity index is 1.44. The van der Waals surface area contributed by atoms with Crippen LogP contribution in [0.2, 0.25) is 0 Å². The van der Waals surface area contributed by atoms with Crippen LogP contribution in [0.1, 0.15) is 34.6 Å². The molecule has 1 aromatic heterocycles. The molecule has 0 spiro atoms. The third-order valence-electron chi connectivity index (χ3n) is 6.29.